The van der Waals surface area contributed by atoms with E-state index in [1.807, 2.05) is 0 Å². The third kappa shape index (κ3) is 4.25. The van der Waals surface area contributed by atoms with Gasteiger partial charge in [-0.05, 0) is 31.0 Å². The van der Waals surface area contributed by atoms with Crippen LogP contribution in [-0.4, -0.2) is 43.7 Å². The van der Waals surface area contributed by atoms with Gasteiger partial charge in [0.05, 0.1) is 10.6 Å². The molecule has 4 nitrogen and oxygen atoms in total. The monoisotopic (exact) mass is 326 g/mol. The number of hydrogen-bond acceptors (Lipinski definition) is 4. The van der Waals surface area contributed by atoms with Gasteiger partial charge < -0.3 is 10.6 Å². The van der Waals surface area contributed by atoms with Gasteiger partial charge in [-0.15, -0.1) is 0 Å². The van der Waals surface area contributed by atoms with Crippen LogP contribution in [0.5, 0.6) is 0 Å². The van der Waals surface area contributed by atoms with Crippen molar-refractivity contribution in [2.24, 2.45) is 11.7 Å². The van der Waals surface area contributed by atoms with Crippen LogP contribution >= 0.6 is 12.2 Å². The summed E-state index contributed by atoms with van der Waals surface area (Å²) in [5, 5.41) is 0. The van der Waals surface area contributed by atoms with E-state index in [1.165, 1.54) is 12.8 Å². The maximum absolute atomic E-state index is 12.3. The molecular weight excluding hydrogens is 304 g/mol. The Hall–Kier alpha value is -0.980. The number of sulfone groups is 1. The number of hydrogen-bond donors (Lipinski definition) is 1. The lowest BCUT2D eigenvalue weighted by Gasteiger charge is -2.15. The van der Waals surface area contributed by atoms with Crippen LogP contribution in [0.25, 0.3) is 0 Å². The zero-order chi connectivity index (χ0) is 15.5. The normalized spacial score (nSPS) is 19.8. The van der Waals surface area contributed by atoms with Crippen molar-refractivity contribution in [1.82, 2.24) is 4.90 Å². The molecule has 0 aromatic heterocycles. The first kappa shape index (κ1) is 16.4. The minimum atomic E-state index is -3.24. The Bertz CT molecular complexity index is 597. The highest BCUT2D eigenvalue weighted by molar-refractivity contribution is 7.91. The first-order valence-electron chi connectivity index (χ1n) is 7.27. The molecule has 0 aliphatic carbocycles. The predicted octanol–water partition coefficient (Wildman–Crippen LogP) is 1.83. The fraction of sp³-hybridized carbons (Fsp3) is 0.533. The summed E-state index contributed by atoms with van der Waals surface area (Å²) in [6, 6.07) is 6.50. The van der Waals surface area contributed by atoms with Gasteiger partial charge in [0.15, 0.2) is 9.84 Å². The zero-order valence-electron chi connectivity index (χ0n) is 12.3. The van der Waals surface area contributed by atoms with Gasteiger partial charge >= 0.3 is 0 Å². The lowest BCUT2D eigenvalue weighted by molar-refractivity contribution is 0.341. The second kappa shape index (κ2) is 6.85. The lowest BCUT2D eigenvalue weighted by atomic mass is 10.1. The largest absolute Gasteiger partial charge is 0.389 e. The van der Waals surface area contributed by atoms with Crippen molar-refractivity contribution < 1.29 is 8.42 Å². The molecule has 1 fully saturated rings. The first-order valence-corrected chi connectivity index (χ1v) is 9.33. The molecule has 1 aliphatic rings. The Kier molecular flexibility index (Phi) is 5.35. The fourth-order valence-corrected chi connectivity index (χ4v) is 4.06. The lowest BCUT2D eigenvalue weighted by Crippen LogP contribution is -2.27. The number of nitrogens with zero attached hydrogens (tertiary/aromatic N) is 1. The van der Waals surface area contributed by atoms with E-state index < -0.39 is 9.84 Å². The molecule has 2 rings (SSSR count). The summed E-state index contributed by atoms with van der Waals surface area (Å²) >= 11 is 4.87. The standard InChI is InChI=1S/C15H22N2O2S2/c1-2-12-7-8-17(11-12)9-10-21(18,19)14-5-3-13(4-6-14)15(16)20/h3-6,12H,2,7-11H2,1H3,(H2,16,20). The topological polar surface area (TPSA) is 63.4 Å². The fourth-order valence-electron chi connectivity index (χ4n) is 2.64. The second-order valence-electron chi connectivity index (χ2n) is 5.57. The van der Waals surface area contributed by atoms with E-state index in [0.717, 1.165) is 19.0 Å². The van der Waals surface area contributed by atoms with Crippen LogP contribution in [0.2, 0.25) is 0 Å². The van der Waals surface area contributed by atoms with E-state index in [9.17, 15) is 8.42 Å². The van der Waals surface area contributed by atoms with Crippen molar-refractivity contribution in [3.05, 3.63) is 29.8 Å². The molecule has 0 radical (unpaired) electrons. The summed E-state index contributed by atoms with van der Waals surface area (Å²) in [6.45, 7) is 4.82. The summed E-state index contributed by atoms with van der Waals surface area (Å²) in [7, 11) is -3.24. The van der Waals surface area contributed by atoms with Gasteiger partial charge in [-0.1, -0.05) is 37.7 Å². The second-order valence-corrected chi connectivity index (χ2v) is 8.12. The molecule has 1 heterocycles. The summed E-state index contributed by atoms with van der Waals surface area (Å²) < 4.78 is 24.7. The Labute approximate surface area is 132 Å². The van der Waals surface area contributed by atoms with Gasteiger partial charge in [-0.25, -0.2) is 8.42 Å². The Morgan fingerprint density at radius 1 is 1.38 bits per heavy atom. The number of nitrogens with two attached hydrogens (primary N) is 1. The predicted molar refractivity (Wildman–Crippen MR) is 89.2 cm³/mol. The minimum absolute atomic E-state index is 0.163. The van der Waals surface area contributed by atoms with E-state index in [-0.39, 0.29) is 10.7 Å². The van der Waals surface area contributed by atoms with E-state index in [2.05, 4.69) is 11.8 Å². The van der Waals surface area contributed by atoms with E-state index >= 15 is 0 Å². The van der Waals surface area contributed by atoms with Gasteiger partial charge in [0.2, 0.25) is 0 Å². The summed E-state index contributed by atoms with van der Waals surface area (Å²) in [6.07, 6.45) is 2.35. The average molecular weight is 326 g/mol. The first-order chi connectivity index (χ1) is 9.92. The smallest absolute Gasteiger partial charge is 0.179 e. The SMILES string of the molecule is CCC1CCN(CCS(=O)(=O)c2ccc(C(N)=S)cc2)C1. The third-order valence-electron chi connectivity index (χ3n) is 4.12. The Morgan fingerprint density at radius 3 is 2.57 bits per heavy atom. The number of likely N-dealkylation sites (tertiary alicyclic amines) is 1. The van der Waals surface area contributed by atoms with Crippen molar-refractivity contribution in [2.45, 2.75) is 24.7 Å². The third-order valence-corrected chi connectivity index (χ3v) is 6.07. The van der Waals surface area contributed by atoms with Gasteiger partial charge in [-0.3, -0.25) is 0 Å². The summed E-state index contributed by atoms with van der Waals surface area (Å²) in [5.74, 6) is 0.883. The Morgan fingerprint density at radius 2 is 2.05 bits per heavy atom. The van der Waals surface area contributed by atoms with Crippen LogP contribution in [-0.2, 0) is 9.84 Å². The average Bonchev–Trinajstić information content (AvgIpc) is 2.93. The molecule has 0 amide bonds. The van der Waals surface area contributed by atoms with E-state index in [0.29, 0.717) is 17.0 Å². The Balaban J connectivity index is 1.97. The molecule has 0 spiro atoms. The summed E-state index contributed by atoms with van der Waals surface area (Å²) in [4.78, 5) is 2.87. The molecule has 21 heavy (non-hydrogen) atoms. The van der Waals surface area contributed by atoms with Gasteiger partial charge in [0, 0.05) is 18.7 Å². The maximum Gasteiger partial charge on any atom is 0.179 e. The molecule has 1 saturated heterocycles. The molecule has 1 aromatic carbocycles. The molecule has 0 bridgehead atoms. The number of benzene rings is 1. The van der Waals surface area contributed by atoms with Crippen molar-refractivity contribution in [1.29, 1.82) is 0 Å². The molecule has 1 aliphatic heterocycles. The minimum Gasteiger partial charge on any atom is -0.389 e. The van der Waals surface area contributed by atoms with Crippen molar-refractivity contribution >= 4 is 27.0 Å². The van der Waals surface area contributed by atoms with Crippen LogP contribution in [0.3, 0.4) is 0 Å². The molecule has 116 valence electrons. The number of rotatable bonds is 6. The van der Waals surface area contributed by atoms with Gasteiger partial charge in [0.1, 0.15) is 4.99 Å². The van der Waals surface area contributed by atoms with Crippen LogP contribution in [0.1, 0.15) is 25.3 Å². The van der Waals surface area contributed by atoms with Crippen LogP contribution in [0.4, 0.5) is 0 Å². The van der Waals surface area contributed by atoms with Crippen molar-refractivity contribution in [3.8, 4) is 0 Å². The maximum atomic E-state index is 12.3. The zero-order valence-corrected chi connectivity index (χ0v) is 13.9. The highest BCUT2D eigenvalue weighted by atomic mass is 32.2. The van der Waals surface area contributed by atoms with E-state index in [1.54, 1.807) is 24.3 Å². The molecule has 0 saturated carbocycles. The van der Waals surface area contributed by atoms with Gasteiger partial charge in [-0.2, -0.15) is 0 Å². The molecule has 1 unspecified atom stereocenters. The van der Waals surface area contributed by atoms with E-state index in [4.69, 9.17) is 18.0 Å². The molecular formula is C15H22N2O2S2. The molecule has 1 atom stereocenters. The van der Waals surface area contributed by atoms with Crippen molar-refractivity contribution in [2.75, 3.05) is 25.4 Å². The molecule has 6 heteroatoms. The van der Waals surface area contributed by atoms with Gasteiger partial charge in [0.25, 0.3) is 0 Å². The molecule has 1 aromatic rings. The summed E-state index contributed by atoms with van der Waals surface area (Å²) in [5.41, 5.74) is 6.20. The highest BCUT2D eigenvalue weighted by Gasteiger charge is 2.23. The van der Waals surface area contributed by atoms with Crippen molar-refractivity contribution in [3.63, 3.8) is 0 Å². The quantitative estimate of drug-likeness (QED) is 0.808. The van der Waals surface area contributed by atoms with Crippen LogP contribution < -0.4 is 5.73 Å². The highest BCUT2D eigenvalue weighted by Crippen LogP contribution is 2.19. The van der Waals surface area contributed by atoms with Crippen LogP contribution in [0.15, 0.2) is 29.2 Å². The molecule has 2 N–H and O–H groups in total. The number of thiocarbonyl (C=S) groups is 1. The van der Waals surface area contributed by atoms with Crippen LogP contribution in [0, 0.1) is 5.92 Å².